The average Bonchev–Trinajstić information content (AvgIpc) is 2.88. The van der Waals surface area contributed by atoms with E-state index < -0.39 is 0 Å². The minimum atomic E-state index is -0.255. The molecule has 90 valence electrons. The van der Waals surface area contributed by atoms with E-state index in [9.17, 15) is 4.79 Å². The van der Waals surface area contributed by atoms with E-state index in [1.54, 1.807) is 4.68 Å². The molecule has 8 heteroatoms. The van der Waals surface area contributed by atoms with Gasteiger partial charge >= 0.3 is 0 Å². The first-order valence-corrected chi connectivity index (χ1v) is 5.82. The number of rotatable bonds is 4. The van der Waals surface area contributed by atoms with Gasteiger partial charge < -0.3 is 11.1 Å². The zero-order valence-electron chi connectivity index (χ0n) is 9.25. The van der Waals surface area contributed by atoms with Crippen molar-refractivity contribution in [1.29, 1.82) is 0 Å². The monoisotopic (exact) mass is 252 g/mol. The first-order chi connectivity index (χ1) is 8.15. The molecule has 0 saturated heterocycles. The molecule has 0 aliphatic carbocycles. The van der Waals surface area contributed by atoms with E-state index >= 15 is 0 Å². The predicted octanol–water partition coefficient (Wildman–Crippen LogP) is -0.174. The largest absolute Gasteiger partial charge is 0.374 e. The Bertz CT molecular complexity index is 519. The Kier molecular flexibility index (Phi) is 3.33. The Hall–Kier alpha value is -1.96. The second-order valence-corrected chi connectivity index (χ2v) is 4.44. The molecule has 1 amide bonds. The first kappa shape index (κ1) is 11.5. The van der Waals surface area contributed by atoms with Gasteiger partial charge in [-0.1, -0.05) is 11.3 Å². The van der Waals surface area contributed by atoms with Crippen LogP contribution in [0.15, 0.2) is 12.3 Å². The SMILES string of the molecule is Cn1ccc(CCNC(=O)c2nnc(N)s2)n1. The fraction of sp³-hybridized carbons (Fsp3) is 0.333. The van der Waals surface area contributed by atoms with Crippen molar-refractivity contribution < 1.29 is 4.79 Å². The van der Waals surface area contributed by atoms with Crippen molar-refractivity contribution in [3.63, 3.8) is 0 Å². The maximum atomic E-state index is 11.6. The standard InChI is InChI=1S/C9H12N6OS/c1-15-5-3-6(14-15)2-4-11-7(16)8-12-13-9(10)17-8/h3,5H,2,4H2,1H3,(H2,10,13)(H,11,16). The molecule has 0 atom stereocenters. The third-order valence-corrected chi connectivity index (χ3v) is 2.82. The van der Waals surface area contributed by atoms with Crippen molar-refractivity contribution in [3.05, 3.63) is 23.0 Å². The molecule has 2 heterocycles. The smallest absolute Gasteiger partial charge is 0.282 e. The second-order valence-electron chi connectivity index (χ2n) is 3.43. The highest BCUT2D eigenvalue weighted by molar-refractivity contribution is 7.16. The van der Waals surface area contributed by atoms with Gasteiger partial charge in [0.1, 0.15) is 0 Å². The maximum Gasteiger partial charge on any atom is 0.282 e. The van der Waals surface area contributed by atoms with Gasteiger partial charge in [-0.15, -0.1) is 10.2 Å². The molecular formula is C9H12N6OS. The lowest BCUT2D eigenvalue weighted by molar-refractivity contribution is 0.0953. The number of nitrogen functional groups attached to an aromatic ring is 1. The third kappa shape index (κ3) is 3.00. The van der Waals surface area contributed by atoms with Crippen LogP contribution in [-0.4, -0.2) is 32.4 Å². The minimum Gasteiger partial charge on any atom is -0.374 e. The Morgan fingerprint density at radius 2 is 2.41 bits per heavy atom. The lowest BCUT2D eigenvalue weighted by Crippen LogP contribution is -2.25. The summed E-state index contributed by atoms with van der Waals surface area (Å²) >= 11 is 1.07. The van der Waals surface area contributed by atoms with Crippen LogP contribution in [-0.2, 0) is 13.5 Å². The normalized spacial score (nSPS) is 10.4. The average molecular weight is 252 g/mol. The van der Waals surface area contributed by atoms with Crippen LogP contribution in [0.4, 0.5) is 5.13 Å². The van der Waals surface area contributed by atoms with E-state index in [4.69, 9.17) is 5.73 Å². The van der Waals surface area contributed by atoms with Gasteiger partial charge in [0.15, 0.2) is 0 Å². The number of aromatic nitrogens is 4. The second kappa shape index (κ2) is 4.91. The molecule has 0 aliphatic heterocycles. The number of amides is 1. The Morgan fingerprint density at radius 1 is 1.59 bits per heavy atom. The van der Waals surface area contributed by atoms with Crippen molar-refractivity contribution in [2.75, 3.05) is 12.3 Å². The highest BCUT2D eigenvalue weighted by Crippen LogP contribution is 2.10. The molecule has 0 aromatic carbocycles. The number of carbonyl (C=O) groups excluding carboxylic acids is 1. The van der Waals surface area contributed by atoms with Crippen molar-refractivity contribution in [3.8, 4) is 0 Å². The highest BCUT2D eigenvalue weighted by Gasteiger charge is 2.10. The van der Waals surface area contributed by atoms with E-state index in [1.165, 1.54) is 0 Å². The molecule has 2 aromatic heterocycles. The summed E-state index contributed by atoms with van der Waals surface area (Å²) < 4.78 is 1.72. The van der Waals surface area contributed by atoms with Crippen LogP contribution in [0.2, 0.25) is 0 Å². The number of nitrogens with two attached hydrogens (primary N) is 1. The third-order valence-electron chi connectivity index (χ3n) is 2.07. The Morgan fingerprint density at radius 3 is 3.00 bits per heavy atom. The number of nitrogens with one attached hydrogen (secondary N) is 1. The van der Waals surface area contributed by atoms with Crippen LogP contribution in [0.25, 0.3) is 0 Å². The van der Waals surface area contributed by atoms with Gasteiger partial charge in [-0.3, -0.25) is 9.48 Å². The van der Waals surface area contributed by atoms with Crippen LogP contribution in [0.1, 0.15) is 15.5 Å². The van der Waals surface area contributed by atoms with Gasteiger partial charge in [0.2, 0.25) is 10.1 Å². The Balaban J connectivity index is 1.81. The summed E-state index contributed by atoms with van der Waals surface area (Å²) in [7, 11) is 1.85. The van der Waals surface area contributed by atoms with Crippen molar-refractivity contribution in [2.24, 2.45) is 7.05 Å². The van der Waals surface area contributed by atoms with Gasteiger partial charge in [0.25, 0.3) is 5.91 Å². The molecule has 0 saturated carbocycles. The van der Waals surface area contributed by atoms with Gasteiger partial charge in [0.05, 0.1) is 5.69 Å². The summed E-state index contributed by atoms with van der Waals surface area (Å²) in [4.78, 5) is 11.6. The van der Waals surface area contributed by atoms with E-state index in [2.05, 4.69) is 20.6 Å². The molecule has 0 unspecified atom stereocenters. The van der Waals surface area contributed by atoms with Gasteiger partial charge in [0, 0.05) is 26.2 Å². The van der Waals surface area contributed by atoms with Crippen molar-refractivity contribution in [2.45, 2.75) is 6.42 Å². The summed E-state index contributed by atoms with van der Waals surface area (Å²) in [6.45, 7) is 0.509. The van der Waals surface area contributed by atoms with Crippen molar-refractivity contribution in [1.82, 2.24) is 25.3 Å². The number of hydrogen-bond acceptors (Lipinski definition) is 6. The molecule has 0 aliphatic rings. The zero-order chi connectivity index (χ0) is 12.3. The summed E-state index contributed by atoms with van der Waals surface area (Å²) in [6, 6.07) is 1.91. The van der Waals surface area contributed by atoms with Gasteiger partial charge in [-0.2, -0.15) is 5.10 Å². The Labute approximate surface area is 102 Å². The predicted molar refractivity (Wildman–Crippen MR) is 63.6 cm³/mol. The zero-order valence-corrected chi connectivity index (χ0v) is 10.1. The molecule has 0 bridgehead atoms. The lowest BCUT2D eigenvalue weighted by Gasteiger charge is -2.00. The molecule has 0 spiro atoms. The highest BCUT2D eigenvalue weighted by atomic mass is 32.1. The van der Waals surface area contributed by atoms with Crippen LogP contribution in [0.5, 0.6) is 0 Å². The summed E-state index contributed by atoms with van der Waals surface area (Å²) in [6.07, 6.45) is 2.55. The molecule has 2 aromatic rings. The molecule has 0 radical (unpaired) electrons. The van der Waals surface area contributed by atoms with Crippen LogP contribution in [0, 0.1) is 0 Å². The summed E-state index contributed by atoms with van der Waals surface area (Å²) in [5.74, 6) is -0.255. The van der Waals surface area contributed by atoms with Crippen LogP contribution >= 0.6 is 11.3 Å². The molecule has 0 fully saturated rings. The van der Waals surface area contributed by atoms with E-state index in [0.717, 1.165) is 17.0 Å². The van der Waals surface area contributed by atoms with Crippen LogP contribution < -0.4 is 11.1 Å². The van der Waals surface area contributed by atoms with Crippen LogP contribution in [0.3, 0.4) is 0 Å². The number of anilines is 1. The molecule has 7 nitrogen and oxygen atoms in total. The van der Waals surface area contributed by atoms with Gasteiger partial charge in [-0.25, -0.2) is 0 Å². The maximum absolute atomic E-state index is 11.6. The van der Waals surface area contributed by atoms with Crippen molar-refractivity contribution >= 4 is 22.4 Å². The molecule has 3 N–H and O–H groups in total. The number of carbonyl (C=O) groups is 1. The number of nitrogens with zero attached hydrogens (tertiary/aromatic N) is 4. The topological polar surface area (TPSA) is 98.7 Å². The first-order valence-electron chi connectivity index (χ1n) is 5.01. The lowest BCUT2D eigenvalue weighted by atomic mass is 10.3. The molecule has 2 rings (SSSR count). The quantitative estimate of drug-likeness (QED) is 0.787. The minimum absolute atomic E-state index is 0.255. The van der Waals surface area contributed by atoms with E-state index in [0.29, 0.717) is 18.1 Å². The summed E-state index contributed by atoms with van der Waals surface area (Å²) in [5, 5.41) is 14.7. The fourth-order valence-corrected chi connectivity index (χ4v) is 1.83. The number of aryl methyl sites for hydroxylation is 1. The number of hydrogen-bond donors (Lipinski definition) is 2. The van der Waals surface area contributed by atoms with Gasteiger partial charge in [-0.05, 0) is 6.07 Å². The van der Waals surface area contributed by atoms with E-state index in [-0.39, 0.29) is 10.9 Å². The summed E-state index contributed by atoms with van der Waals surface area (Å²) in [5.41, 5.74) is 6.33. The fourth-order valence-electron chi connectivity index (χ4n) is 1.30. The molecule has 17 heavy (non-hydrogen) atoms. The van der Waals surface area contributed by atoms with E-state index in [1.807, 2.05) is 19.3 Å². The molecular weight excluding hydrogens is 240 g/mol.